The van der Waals surface area contributed by atoms with E-state index in [1.165, 1.54) is 0 Å². The number of hydrogen-bond acceptors (Lipinski definition) is 5. The minimum atomic E-state index is 0.270. The standard InChI is InChI=1S/C11H15N5O/c1-16-6-13-5-9(16)10-14-11(17-15-10)7-2-3-8(12)4-7/h5-8H,2-4,12H2,1H3/t7-,8+/m1/s1. The SMILES string of the molecule is Cn1cncc1-c1noc([C@@H]2CC[C@H](N)C2)n1. The predicted octanol–water partition coefficient (Wildman–Crippen LogP) is 1.06. The third-order valence-corrected chi connectivity index (χ3v) is 3.31. The average molecular weight is 233 g/mol. The topological polar surface area (TPSA) is 82.8 Å². The summed E-state index contributed by atoms with van der Waals surface area (Å²) in [5.74, 6) is 1.62. The Labute approximate surface area is 98.8 Å². The van der Waals surface area contributed by atoms with E-state index in [1.807, 2.05) is 11.6 Å². The zero-order valence-corrected chi connectivity index (χ0v) is 9.71. The highest BCUT2D eigenvalue weighted by Gasteiger charge is 2.28. The Morgan fingerprint density at radius 3 is 3.00 bits per heavy atom. The first-order valence-electron chi connectivity index (χ1n) is 5.80. The van der Waals surface area contributed by atoms with E-state index in [-0.39, 0.29) is 6.04 Å². The van der Waals surface area contributed by atoms with Crippen LogP contribution in [0.1, 0.15) is 31.1 Å². The van der Waals surface area contributed by atoms with Gasteiger partial charge in [0.05, 0.1) is 12.5 Å². The van der Waals surface area contributed by atoms with Crippen molar-refractivity contribution in [3.8, 4) is 11.5 Å². The maximum atomic E-state index is 5.88. The first-order chi connectivity index (χ1) is 8.24. The van der Waals surface area contributed by atoms with Crippen LogP contribution in [0.2, 0.25) is 0 Å². The third kappa shape index (κ3) is 1.84. The number of aryl methyl sites for hydroxylation is 1. The summed E-state index contributed by atoms with van der Waals surface area (Å²) in [7, 11) is 1.91. The Hall–Kier alpha value is -1.69. The molecular formula is C11H15N5O. The summed E-state index contributed by atoms with van der Waals surface area (Å²) in [5.41, 5.74) is 6.75. The van der Waals surface area contributed by atoms with Gasteiger partial charge in [-0.15, -0.1) is 0 Å². The molecule has 0 bridgehead atoms. The second-order valence-electron chi connectivity index (χ2n) is 4.62. The molecule has 1 aliphatic rings. The summed E-state index contributed by atoms with van der Waals surface area (Å²) >= 11 is 0. The van der Waals surface area contributed by atoms with Gasteiger partial charge < -0.3 is 14.8 Å². The Morgan fingerprint density at radius 1 is 1.47 bits per heavy atom. The fourth-order valence-corrected chi connectivity index (χ4v) is 2.32. The van der Waals surface area contributed by atoms with Gasteiger partial charge in [-0.3, -0.25) is 0 Å². The van der Waals surface area contributed by atoms with Crippen LogP contribution >= 0.6 is 0 Å². The van der Waals surface area contributed by atoms with Crippen molar-refractivity contribution >= 4 is 0 Å². The van der Waals surface area contributed by atoms with Crippen LogP contribution in [0.15, 0.2) is 17.0 Å². The molecule has 6 heteroatoms. The van der Waals surface area contributed by atoms with Crippen molar-refractivity contribution in [3.05, 3.63) is 18.4 Å². The molecule has 90 valence electrons. The highest BCUT2D eigenvalue weighted by atomic mass is 16.5. The monoisotopic (exact) mass is 233 g/mol. The van der Waals surface area contributed by atoms with E-state index in [2.05, 4.69) is 15.1 Å². The normalized spacial score (nSPS) is 24.4. The van der Waals surface area contributed by atoms with E-state index in [1.54, 1.807) is 12.5 Å². The molecule has 0 radical (unpaired) electrons. The molecule has 1 aliphatic carbocycles. The van der Waals surface area contributed by atoms with Gasteiger partial charge in [0.25, 0.3) is 0 Å². The van der Waals surface area contributed by atoms with Gasteiger partial charge in [0, 0.05) is 19.0 Å². The lowest BCUT2D eigenvalue weighted by Gasteiger charge is -2.01. The van der Waals surface area contributed by atoms with Crippen molar-refractivity contribution in [2.24, 2.45) is 12.8 Å². The first-order valence-corrected chi connectivity index (χ1v) is 5.80. The lowest BCUT2D eigenvalue weighted by molar-refractivity contribution is 0.353. The second-order valence-corrected chi connectivity index (χ2v) is 4.62. The van der Waals surface area contributed by atoms with Crippen LogP contribution in [0.4, 0.5) is 0 Å². The molecule has 0 aliphatic heterocycles. The van der Waals surface area contributed by atoms with Gasteiger partial charge in [0.2, 0.25) is 11.7 Å². The van der Waals surface area contributed by atoms with Gasteiger partial charge in [-0.1, -0.05) is 5.16 Å². The molecule has 3 rings (SSSR count). The molecular weight excluding hydrogens is 218 g/mol. The van der Waals surface area contributed by atoms with Crippen molar-refractivity contribution in [1.82, 2.24) is 19.7 Å². The van der Waals surface area contributed by atoms with E-state index in [0.29, 0.717) is 17.6 Å². The largest absolute Gasteiger partial charge is 0.339 e. The van der Waals surface area contributed by atoms with Gasteiger partial charge in [-0.25, -0.2) is 4.98 Å². The molecule has 0 unspecified atom stereocenters. The number of nitrogens with two attached hydrogens (primary N) is 1. The van der Waals surface area contributed by atoms with Gasteiger partial charge >= 0.3 is 0 Å². The molecule has 0 amide bonds. The van der Waals surface area contributed by atoms with Crippen LogP contribution < -0.4 is 5.73 Å². The fourth-order valence-electron chi connectivity index (χ4n) is 2.32. The second kappa shape index (κ2) is 3.96. The van der Waals surface area contributed by atoms with E-state index in [0.717, 1.165) is 25.0 Å². The molecule has 2 atom stereocenters. The van der Waals surface area contributed by atoms with E-state index in [4.69, 9.17) is 10.3 Å². The van der Waals surface area contributed by atoms with Crippen molar-refractivity contribution in [3.63, 3.8) is 0 Å². The van der Waals surface area contributed by atoms with Gasteiger partial charge in [0.15, 0.2) is 0 Å². The zero-order chi connectivity index (χ0) is 11.8. The van der Waals surface area contributed by atoms with E-state index in [9.17, 15) is 0 Å². The van der Waals surface area contributed by atoms with Crippen LogP contribution in [0.25, 0.3) is 11.5 Å². The molecule has 2 heterocycles. The third-order valence-electron chi connectivity index (χ3n) is 3.31. The minimum Gasteiger partial charge on any atom is -0.339 e. The van der Waals surface area contributed by atoms with Crippen LogP contribution in [-0.2, 0) is 7.05 Å². The summed E-state index contributed by atoms with van der Waals surface area (Å²) in [6.45, 7) is 0. The molecule has 1 fully saturated rings. The number of aromatic nitrogens is 4. The molecule has 6 nitrogen and oxygen atoms in total. The van der Waals surface area contributed by atoms with Crippen molar-refractivity contribution in [1.29, 1.82) is 0 Å². The van der Waals surface area contributed by atoms with Crippen LogP contribution in [0, 0.1) is 0 Å². The Morgan fingerprint density at radius 2 is 2.35 bits per heavy atom. The van der Waals surface area contributed by atoms with Crippen molar-refractivity contribution in [2.75, 3.05) is 0 Å². The van der Waals surface area contributed by atoms with Gasteiger partial charge in [-0.05, 0) is 19.3 Å². The lowest BCUT2D eigenvalue weighted by atomic mass is 10.1. The summed E-state index contributed by atoms with van der Waals surface area (Å²) in [4.78, 5) is 8.47. The van der Waals surface area contributed by atoms with Crippen LogP contribution in [0.3, 0.4) is 0 Å². The summed E-state index contributed by atoms with van der Waals surface area (Å²) in [6.07, 6.45) is 6.46. The number of nitrogens with zero attached hydrogens (tertiary/aromatic N) is 4. The summed E-state index contributed by atoms with van der Waals surface area (Å²) < 4.78 is 7.19. The van der Waals surface area contributed by atoms with Gasteiger partial charge in [-0.2, -0.15) is 4.98 Å². The van der Waals surface area contributed by atoms with E-state index >= 15 is 0 Å². The summed E-state index contributed by atoms with van der Waals surface area (Å²) in [5, 5.41) is 4.00. The van der Waals surface area contributed by atoms with Crippen LogP contribution in [0.5, 0.6) is 0 Å². The average Bonchev–Trinajstić information content (AvgIpc) is 2.97. The molecule has 0 saturated heterocycles. The van der Waals surface area contributed by atoms with Crippen molar-refractivity contribution in [2.45, 2.75) is 31.2 Å². The molecule has 2 aromatic heterocycles. The Bertz CT molecular complexity index is 517. The molecule has 2 aromatic rings. The quantitative estimate of drug-likeness (QED) is 0.838. The lowest BCUT2D eigenvalue weighted by Crippen LogP contribution is -2.14. The maximum absolute atomic E-state index is 5.88. The van der Waals surface area contributed by atoms with Gasteiger partial charge in [0.1, 0.15) is 5.69 Å². The molecule has 0 aromatic carbocycles. The highest BCUT2D eigenvalue weighted by Crippen LogP contribution is 2.33. The molecule has 1 saturated carbocycles. The number of hydrogen-bond donors (Lipinski definition) is 1. The molecule has 17 heavy (non-hydrogen) atoms. The zero-order valence-electron chi connectivity index (χ0n) is 9.71. The maximum Gasteiger partial charge on any atom is 0.230 e. The summed E-state index contributed by atoms with van der Waals surface area (Å²) in [6, 6.07) is 0.270. The number of rotatable bonds is 2. The number of imidazole rings is 1. The Balaban J connectivity index is 1.86. The Kier molecular flexibility index (Phi) is 2.44. The van der Waals surface area contributed by atoms with E-state index < -0.39 is 0 Å². The minimum absolute atomic E-state index is 0.270. The molecule has 2 N–H and O–H groups in total. The molecule has 0 spiro atoms. The smallest absolute Gasteiger partial charge is 0.230 e. The highest BCUT2D eigenvalue weighted by molar-refractivity contribution is 5.47. The van der Waals surface area contributed by atoms with Crippen LogP contribution in [-0.4, -0.2) is 25.7 Å². The van der Waals surface area contributed by atoms with Crippen molar-refractivity contribution < 1.29 is 4.52 Å². The fraction of sp³-hybridized carbons (Fsp3) is 0.545. The predicted molar refractivity (Wildman–Crippen MR) is 61.1 cm³/mol. The first kappa shape index (κ1) is 10.5.